The Morgan fingerprint density at radius 3 is 0.980 bits per heavy atom. The van der Waals surface area contributed by atoms with E-state index in [1.54, 1.807) is 10.6 Å². The SMILES string of the molecule is CN(C)c1ccc([PH+](c2ccc(N(C)C)cc2)C2CCCCC2)cc1.c1ccc([B-](c2ccccc2)(c2ccccc2)c2ccccc2)cc1. The maximum absolute atomic E-state index is 2.39. The molecule has 4 heteroatoms. The van der Waals surface area contributed by atoms with Crippen LogP contribution in [0.5, 0.6) is 0 Å². The Hall–Kier alpha value is -4.59. The minimum absolute atomic E-state index is 0.721. The van der Waals surface area contributed by atoms with Crippen LogP contribution in [0.25, 0.3) is 0 Å². The standard InChI is InChI=1S/C24H20B.C22H31N2P/c1-5-13-21(14-6-1)25(22-15-7-2-8-16-22,23-17-9-3-10-18-23)24-19-11-4-12-20-24;1-23(2)18-10-14-21(15-11-18)25(20-8-6-5-7-9-20)22-16-12-19(13-17-22)24(3)4/h1-20H;10-17,20H,5-9H2,1-4H3/q-1;/p+1. The van der Waals surface area contributed by atoms with Crippen molar-refractivity contribution < 1.29 is 0 Å². The fourth-order valence-corrected chi connectivity index (χ4v) is 11.3. The highest BCUT2D eigenvalue weighted by atomic mass is 31.1. The van der Waals surface area contributed by atoms with Gasteiger partial charge in [0.05, 0.1) is 24.2 Å². The molecule has 7 rings (SSSR count). The molecule has 1 aliphatic carbocycles. The van der Waals surface area contributed by atoms with Crippen LogP contribution in [0.15, 0.2) is 170 Å². The smallest absolute Gasteiger partial charge is 0.108 e. The first-order chi connectivity index (χ1) is 24.5. The van der Waals surface area contributed by atoms with Crippen LogP contribution in [0.1, 0.15) is 32.1 Å². The van der Waals surface area contributed by atoms with Crippen molar-refractivity contribution in [2.45, 2.75) is 37.8 Å². The summed E-state index contributed by atoms with van der Waals surface area (Å²) in [6, 6.07) is 62.2. The zero-order valence-electron chi connectivity index (χ0n) is 30.3. The molecule has 1 fully saturated rings. The molecule has 0 radical (unpaired) electrons. The summed E-state index contributed by atoms with van der Waals surface area (Å²) >= 11 is 0. The van der Waals surface area contributed by atoms with Crippen molar-refractivity contribution in [3.05, 3.63) is 170 Å². The summed E-state index contributed by atoms with van der Waals surface area (Å²) in [4.78, 5) is 4.37. The van der Waals surface area contributed by atoms with Crippen molar-refractivity contribution in [2.75, 3.05) is 38.0 Å². The van der Waals surface area contributed by atoms with Gasteiger partial charge in [0.2, 0.25) is 0 Å². The van der Waals surface area contributed by atoms with Crippen LogP contribution in [-0.4, -0.2) is 40.0 Å². The van der Waals surface area contributed by atoms with Crippen molar-refractivity contribution >= 4 is 57.9 Å². The lowest BCUT2D eigenvalue weighted by atomic mass is 9.13. The molecule has 50 heavy (non-hydrogen) atoms. The van der Waals surface area contributed by atoms with E-state index in [4.69, 9.17) is 0 Å². The van der Waals surface area contributed by atoms with Gasteiger partial charge in [0.25, 0.3) is 0 Å². The monoisotopic (exact) mass is 674 g/mol. The van der Waals surface area contributed by atoms with Gasteiger partial charge in [-0.1, -0.05) is 128 Å². The van der Waals surface area contributed by atoms with Crippen LogP contribution in [0.3, 0.4) is 0 Å². The maximum atomic E-state index is 2.39. The van der Waals surface area contributed by atoms with Gasteiger partial charge in [0, 0.05) is 39.6 Å². The van der Waals surface area contributed by atoms with Gasteiger partial charge in [-0.25, -0.2) is 0 Å². The molecule has 0 heterocycles. The van der Waals surface area contributed by atoms with Gasteiger partial charge < -0.3 is 9.80 Å². The average Bonchev–Trinajstić information content (AvgIpc) is 3.18. The van der Waals surface area contributed by atoms with Crippen molar-refractivity contribution in [1.82, 2.24) is 0 Å². The molecular weight excluding hydrogens is 622 g/mol. The maximum Gasteiger partial charge on any atom is 0.108 e. The summed E-state index contributed by atoms with van der Waals surface area (Å²) in [7, 11) is 7.73. The van der Waals surface area contributed by atoms with Gasteiger partial charge in [-0.15, -0.1) is 0 Å². The summed E-state index contributed by atoms with van der Waals surface area (Å²) in [6.07, 6.45) is 5.82. The van der Waals surface area contributed by atoms with Crippen molar-refractivity contribution in [1.29, 1.82) is 0 Å². The van der Waals surface area contributed by atoms with Crippen LogP contribution < -0.4 is 42.3 Å². The van der Waals surface area contributed by atoms with E-state index in [0.29, 0.717) is 0 Å². The van der Waals surface area contributed by atoms with Crippen molar-refractivity contribution in [2.24, 2.45) is 0 Å². The Bertz CT molecular complexity index is 1640. The quantitative estimate of drug-likeness (QED) is 0.117. The van der Waals surface area contributed by atoms with Gasteiger partial charge in [-0.2, -0.15) is 21.9 Å². The second-order valence-corrected chi connectivity index (χ2v) is 16.9. The Labute approximate surface area is 302 Å². The highest BCUT2D eigenvalue weighted by molar-refractivity contribution is 7.73. The predicted molar refractivity (Wildman–Crippen MR) is 226 cm³/mol. The highest BCUT2D eigenvalue weighted by Crippen LogP contribution is 2.46. The van der Waals surface area contributed by atoms with E-state index in [9.17, 15) is 0 Å². The molecule has 0 amide bonds. The molecule has 0 spiro atoms. The Balaban J connectivity index is 0.000000173. The topological polar surface area (TPSA) is 6.48 Å². The number of benzene rings is 6. The Kier molecular flexibility index (Phi) is 11.9. The van der Waals surface area contributed by atoms with Gasteiger partial charge >= 0.3 is 0 Å². The third-order valence-corrected chi connectivity index (χ3v) is 13.9. The van der Waals surface area contributed by atoms with E-state index < -0.39 is 14.1 Å². The number of hydrogen-bond acceptors (Lipinski definition) is 2. The zero-order chi connectivity index (χ0) is 34.8. The third kappa shape index (κ3) is 7.90. The molecule has 6 aromatic carbocycles. The second kappa shape index (κ2) is 16.9. The molecule has 0 bridgehead atoms. The first kappa shape index (κ1) is 35.2. The molecule has 2 nitrogen and oxygen atoms in total. The molecule has 0 aliphatic heterocycles. The van der Waals surface area contributed by atoms with Crippen LogP contribution in [0.2, 0.25) is 0 Å². The summed E-state index contributed by atoms with van der Waals surface area (Å²) < 4.78 is 0. The van der Waals surface area contributed by atoms with E-state index in [1.807, 2.05) is 0 Å². The third-order valence-electron chi connectivity index (χ3n) is 10.6. The highest BCUT2D eigenvalue weighted by Gasteiger charge is 2.34. The summed E-state index contributed by atoms with van der Waals surface area (Å²) in [5.41, 5.74) is 8.80. The fraction of sp³-hybridized carbons (Fsp3) is 0.217. The normalized spacial score (nSPS) is 13.3. The number of hydrogen-bond donors (Lipinski definition) is 0. The van der Waals surface area contributed by atoms with Gasteiger partial charge in [0.15, 0.2) is 0 Å². The first-order valence-electron chi connectivity index (χ1n) is 18.3. The molecule has 6 aromatic rings. The van der Waals surface area contributed by atoms with Crippen LogP contribution in [-0.2, 0) is 0 Å². The Morgan fingerprint density at radius 1 is 0.400 bits per heavy atom. The van der Waals surface area contributed by atoms with E-state index in [2.05, 4.69) is 208 Å². The minimum atomic E-state index is -1.22. The number of nitrogens with zero attached hydrogens (tertiary/aromatic N) is 2. The lowest BCUT2D eigenvalue weighted by Crippen LogP contribution is -2.74. The lowest BCUT2D eigenvalue weighted by Gasteiger charge is -2.44. The molecule has 1 saturated carbocycles. The van der Waals surface area contributed by atoms with Gasteiger partial charge in [-0.05, 0) is 74.2 Å². The fourth-order valence-electron chi connectivity index (χ4n) is 8.03. The number of anilines is 2. The molecule has 254 valence electrons. The largest absolute Gasteiger partial charge is 0.378 e. The van der Waals surface area contributed by atoms with Gasteiger partial charge in [-0.3, -0.25) is 0 Å². The van der Waals surface area contributed by atoms with Crippen molar-refractivity contribution in [3.8, 4) is 0 Å². The summed E-state index contributed by atoms with van der Waals surface area (Å²) in [6.45, 7) is 0. The summed E-state index contributed by atoms with van der Waals surface area (Å²) in [5, 5.41) is 3.14. The molecule has 0 unspecified atom stereocenters. The van der Waals surface area contributed by atoms with Crippen molar-refractivity contribution in [3.63, 3.8) is 0 Å². The first-order valence-corrected chi connectivity index (χ1v) is 19.9. The van der Waals surface area contributed by atoms with E-state index in [1.165, 1.54) is 65.3 Å². The van der Waals surface area contributed by atoms with Crippen LogP contribution in [0, 0.1) is 0 Å². The van der Waals surface area contributed by atoms with Crippen LogP contribution in [0.4, 0.5) is 11.4 Å². The molecule has 0 aromatic heterocycles. The minimum Gasteiger partial charge on any atom is -0.378 e. The average molecular weight is 675 g/mol. The Morgan fingerprint density at radius 2 is 0.700 bits per heavy atom. The predicted octanol–water partition coefficient (Wildman–Crippen LogP) is 7.38. The molecular formula is C46H52BN2P. The van der Waals surface area contributed by atoms with E-state index >= 15 is 0 Å². The number of rotatable bonds is 9. The second-order valence-electron chi connectivity index (χ2n) is 14.1. The summed E-state index contributed by atoms with van der Waals surface area (Å²) in [5.74, 6) is 0. The zero-order valence-corrected chi connectivity index (χ0v) is 31.3. The molecule has 0 saturated heterocycles. The van der Waals surface area contributed by atoms with E-state index in [0.717, 1.165) is 5.66 Å². The molecule has 0 N–H and O–H groups in total. The molecule has 0 atom stereocenters. The van der Waals surface area contributed by atoms with Crippen LogP contribution >= 0.6 is 7.92 Å². The van der Waals surface area contributed by atoms with Gasteiger partial charge in [0.1, 0.15) is 6.15 Å². The molecule has 1 aliphatic rings. The lowest BCUT2D eigenvalue weighted by molar-refractivity contribution is 0.513. The van der Waals surface area contributed by atoms with E-state index in [-0.39, 0.29) is 0 Å².